The van der Waals surface area contributed by atoms with Gasteiger partial charge in [-0.25, -0.2) is 19.9 Å². The smallest absolute Gasteiger partial charge is 0.160 e. The third-order valence-electron chi connectivity index (χ3n) is 14.1. The van der Waals surface area contributed by atoms with E-state index in [0.29, 0.717) is 11.6 Å². The van der Waals surface area contributed by atoms with Gasteiger partial charge in [-0.15, -0.1) is 0 Å². The third kappa shape index (κ3) is 7.44. The SMILES string of the molecule is c1ccc(-c2cc(-c3ccccc3)nc(-c3cccc(-n4c5ccccc5c5c(-c6cccc7c6c6ccccc6n7-c6cccc(-c7nc(-c8ccccc8)cc(-c8ccccc8)n7)c6)cccc54)c3)n2)cc1. The third-order valence-corrected chi connectivity index (χ3v) is 14.1. The second-order valence-electron chi connectivity index (χ2n) is 18.6. The first-order valence-electron chi connectivity index (χ1n) is 25.0. The molecule has 0 atom stereocenters. The number of benzene rings is 10. The van der Waals surface area contributed by atoms with Gasteiger partial charge in [-0.2, -0.15) is 0 Å². The molecule has 0 saturated heterocycles. The molecule has 0 spiro atoms. The first-order chi connectivity index (χ1) is 36.7. The van der Waals surface area contributed by atoms with Crippen LogP contribution in [0, 0.1) is 0 Å². The van der Waals surface area contributed by atoms with Gasteiger partial charge in [0.05, 0.1) is 44.8 Å². The Balaban J connectivity index is 0.921. The van der Waals surface area contributed by atoms with Crippen molar-refractivity contribution in [2.24, 2.45) is 0 Å². The van der Waals surface area contributed by atoms with E-state index < -0.39 is 0 Å². The average molecular weight is 945 g/mol. The van der Waals surface area contributed by atoms with Gasteiger partial charge in [-0.1, -0.05) is 206 Å². The molecule has 0 radical (unpaired) electrons. The highest BCUT2D eigenvalue weighted by molar-refractivity contribution is 6.22. The topological polar surface area (TPSA) is 61.4 Å². The second kappa shape index (κ2) is 18.0. The van der Waals surface area contributed by atoms with E-state index in [1.165, 1.54) is 32.7 Å². The highest BCUT2D eigenvalue weighted by Crippen LogP contribution is 2.44. The summed E-state index contributed by atoms with van der Waals surface area (Å²) in [6.45, 7) is 0. The van der Waals surface area contributed by atoms with Crippen molar-refractivity contribution in [3.05, 3.63) is 267 Å². The molecule has 6 heteroatoms. The minimum absolute atomic E-state index is 0.673. The van der Waals surface area contributed by atoms with Gasteiger partial charge in [-0.3, -0.25) is 0 Å². The normalized spacial score (nSPS) is 11.5. The van der Waals surface area contributed by atoms with Crippen LogP contribution in [0.2, 0.25) is 0 Å². The Morgan fingerprint density at radius 3 is 0.892 bits per heavy atom. The maximum Gasteiger partial charge on any atom is 0.160 e. The van der Waals surface area contributed by atoms with Crippen LogP contribution in [0.4, 0.5) is 0 Å². The number of nitrogens with zero attached hydrogens (tertiary/aromatic N) is 6. The summed E-state index contributed by atoms with van der Waals surface area (Å²) in [6.07, 6.45) is 0. The fraction of sp³-hybridized carbons (Fsp3) is 0. The van der Waals surface area contributed by atoms with Crippen LogP contribution in [-0.2, 0) is 0 Å². The summed E-state index contributed by atoms with van der Waals surface area (Å²) in [6, 6.07) is 93.9. The first kappa shape index (κ1) is 42.8. The predicted octanol–water partition coefficient (Wildman–Crippen LogP) is 17.1. The second-order valence-corrected chi connectivity index (χ2v) is 18.6. The molecule has 0 bridgehead atoms. The maximum absolute atomic E-state index is 5.20. The molecule has 346 valence electrons. The van der Waals surface area contributed by atoms with Crippen molar-refractivity contribution in [1.82, 2.24) is 29.1 Å². The molecule has 0 N–H and O–H groups in total. The van der Waals surface area contributed by atoms with Crippen molar-refractivity contribution in [2.45, 2.75) is 0 Å². The van der Waals surface area contributed by atoms with Gasteiger partial charge >= 0.3 is 0 Å². The molecule has 14 rings (SSSR count). The number of rotatable bonds is 9. The molecule has 0 fully saturated rings. The lowest BCUT2D eigenvalue weighted by molar-refractivity contribution is 1.16. The molecule has 10 aromatic carbocycles. The monoisotopic (exact) mass is 944 g/mol. The molecule has 0 aliphatic rings. The Morgan fingerprint density at radius 2 is 0.527 bits per heavy atom. The van der Waals surface area contributed by atoms with E-state index in [-0.39, 0.29) is 0 Å². The number of aromatic nitrogens is 6. The van der Waals surface area contributed by atoms with E-state index in [1.807, 2.05) is 24.3 Å². The summed E-state index contributed by atoms with van der Waals surface area (Å²) in [7, 11) is 0. The molecular weight excluding hydrogens is 901 g/mol. The fourth-order valence-corrected chi connectivity index (χ4v) is 10.8. The molecule has 0 aliphatic carbocycles. The van der Waals surface area contributed by atoms with Crippen LogP contribution in [-0.4, -0.2) is 29.1 Å². The van der Waals surface area contributed by atoms with Crippen LogP contribution in [0.25, 0.3) is 134 Å². The van der Waals surface area contributed by atoms with Gasteiger partial charge in [0, 0.05) is 66.3 Å². The van der Waals surface area contributed by atoms with E-state index in [0.717, 1.165) is 89.6 Å². The van der Waals surface area contributed by atoms with Gasteiger partial charge in [0.1, 0.15) is 0 Å². The molecule has 4 heterocycles. The summed E-state index contributed by atoms with van der Waals surface area (Å²) in [4.78, 5) is 20.8. The van der Waals surface area contributed by atoms with Crippen molar-refractivity contribution >= 4 is 43.6 Å². The average Bonchev–Trinajstić information content (AvgIpc) is 4.04. The van der Waals surface area contributed by atoms with Gasteiger partial charge in [0.15, 0.2) is 11.6 Å². The van der Waals surface area contributed by atoms with Gasteiger partial charge in [0.25, 0.3) is 0 Å². The lowest BCUT2D eigenvalue weighted by Crippen LogP contribution is -1.98. The molecule has 0 saturated carbocycles. The summed E-state index contributed by atoms with van der Waals surface area (Å²) >= 11 is 0. The van der Waals surface area contributed by atoms with Crippen LogP contribution in [0.1, 0.15) is 0 Å². The Labute approximate surface area is 427 Å². The largest absolute Gasteiger partial charge is 0.309 e. The zero-order valence-corrected chi connectivity index (χ0v) is 40.1. The fourth-order valence-electron chi connectivity index (χ4n) is 10.8. The van der Waals surface area contributed by atoms with Crippen molar-refractivity contribution < 1.29 is 0 Å². The zero-order chi connectivity index (χ0) is 49.0. The van der Waals surface area contributed by atoms with Gasteiger partial charge in [-0.05, 0) is 71.8 Å². The molecule has 4 aromatic heterocycles. The highest BCUT2D eigenvalue weighted by atomic mass is 15.0. The number of fused-ring (bicyclic) bond motifs is 6. The zero-order valence-electron chi connectivity index (χ0n) is 40.1. The van der Waals surface area contributed by atoms with Crippen molar-refractivity contribution in [1.29, 1.82) is 0 Å². The molecule has 74 heavy (non-hydrogen) atoms. The van der Waals surface area contributed by atoms with Crippen LogP contribution in [0.15, 0.2) is 267 Å². The Hall–Kier alpha value is -10.0. The highest BCUT2D eigenvalue weighted by Gasteiger charge is 2.22. The summed E-state index contributed by atoms with van der Waals surface area (Å²) in [5.41, 5.74) is 18.4. The van der Waals surface area contributed by atoms with Crippen LogP contribution in [0.3, 0.4) is 0 Å². The number of hydrogen-bond acceptors (Lipinski definition) is 4. The number of hydrogen-bond donors (Lipinski definition) is 0. The Kier molecular flexibility index (Phi) is 10.4. The van der Waals surface area contributed by atoms with Crippen LogP contribution in [0.5, 0.6) is 0 Å². The summed E-state index contributed by atoms with van der Waals surface area (Å²) < 4.78 is 4.79. The minimum Gasteiger partial charge on any atom is -0.309 e. The number of para-hydroxylation sites is 2. The van der Waals surface area contributed by atoms with Crippen molar-refractivity contribution in [3.63, 3.8) is 0 Å². The predicted molar refractivity (Wildman–Crippen MR) is 304 cm³/mol. The quantitative estimate of drug-likeness (QED) is 0.145. The van der Waals surface area contributed by atoms with E-state index in [1.54, 1.807) is 0 Å². The van der Waals surface area contributed by atoms with Crippen LogP contribution < -0.4 is 0 Å². The molecule has 14 aromatic rings. The maximum atomic E-state index is 5.20. The lowest BCUT2D eigenvalue weighted by atomic mass is 9.95. The Morgan fingerprint density at radius 1 is 0.230 bits per heavy atom. The standard InChI is InChI=1S/C68H44N6/c1-5-21-45(22-6-1)57-43-58(46-23-7-2-8-24-46)70-67(69-57)49-29-17-31-51(41-49)73-61-37-15-13-33-55(61)65-53(35-19-39-63(65)73)54-36-20-40-64-66(54)56-34-14-16-38-62(56)74(64)52-32-18-30-50(42-52)68-71-59(47-25-9-3-10-26-47)44-60(72-68)48-27-11-4-12-28-48/h1-44H. The first-order valence-corrected chi connectivity index (χ1v) is 25.0. The summed E-state index contributed by atoms with van der Waals surface area (Å²) in [5.74, 6) is 1.35. The van der Waals surface area contributed by atoms with Gasteiger partial charge in [0.2, 0.25) is 0 Å². The minimum atomic E-state index is 0.673. The summed E-state index contributed by atoms with van der Waals surface area (Å²) in [5, 5.41) is 4.74. The van der Waals surface area contributed by atoms with Crippen molar-refractivity contribution in [3.8, 4) is 90.3 Å². The van der Waals surface area contributed by atoms with Crippen molar-refractivity contribution in [2.75, 3.05) is 0 Å². The molecule has 6 nitrogen and oxygen atoms in total. The lowest BCUT2D eigenvalue weighted by Gasteiger charge is -2.13. The van der Waals surface area contributed by atoms with E-state index in [4.69, 9.17) is 19.9 Å². The molecular formula is C68H44N6. The van der Waals surface area contributed by atoms with Gasteiger partial charge < -0.3 is 9.13 Å². The molecule has 0 amide bonds. The van der Waals surface area contributed by atoms with Crippen LogP contribution >= 0.6 is 0 Å². The molecule has 0 aliphatic heterocycles. The van der Waals surface area contributed by atoms with E-state index >= 15 is 0 Å². The molecule has 0 unspecified atom stereocenters. The Bertz CT molecular complexity index is 4010. The van der Waals surface area contributed by atoms with E-state index in [2.05, 4.69) is 252 Å². The van der Waals surface area contributed by atoms with E-state index in [9.17, 15) is 0 Å².